The van der Waals surface area contributed by atoms with Crippen molar-refractivity contribution in [3.8, 4) is 6.07 Å². The number of aromatic nitrogens is 1. The van der Waals surface area contributed by atoms with Crippen molar-refractivity contribution in [3.63, 3.8) is 0 Å². The maximum Gasteiger partial charge on any atom is 0.123 e. The molecule has 0 spiro atoms. The van der Waals surface area contributed by atoms with Crippen LogP contribution in [0.3, 0.4) is 0 Å². The molecule has 0 radical (unpaired) electrons. The molecule has 5 heteroatoms. The van der Waals surface area contributed by atoms with Gasteiger partial charge in [-0.2, -0.15) is 5.26 Å². The van der Waals surface area contributed by atoms with Crippen molar-refractivity contribution in [2.75, 3.05) is 0 Å². The number of halogens is 1. The third-order valence-corrected chi connectivity index (χ3v) is 4.05. The van der Waals surface area contributed by atoms with E-state index >= 15 is 0 Å². The van der Waals surface area contributed by atoms with Gasteiger partial charge in [-0.25, -0.2) is 4.39 Å². The Labute approximate surface area is 129 Å². The number of nitrogens with one attached hydrogen (secondary N) is 1. The summed E-state index contributed by atoms with van der Waals surface area (Å²) in [7, 11) is 1.86. The standard InChI is InChI=1S/C17H20FN3O/c1-11(17(22)13-4-6-15(18)7-5-13)20-10-14-8-16(9-19)21(3)12(14)2/h4-8,11,17,20,22H,10H2,1-3H3. The fourth-order valence-electron chi connectivity index (χ4n) is 2.38. The van der Waals surface area contributed by atoms with Crippen LogP contribution < -0.4 is 5.32 Å². The molecular weight excluding hydrogens is 281 g/mol. The van der Waals surface area contributed by atoms with Crippen LogP contribution in [0, 0.1) is 24.1 Å². The zero-order valence-electron chi connectivity index (χ0n) is 13.0. The summed E-state index contributed by atoms with van der Waals surface area (Å²) in [5.41, 5.74) is 3.33. The van der Waals surface area contributed by atoms with Crippen molar-refractivity contribution in [3.05, 3.63) is 58.7 Å². The van der Waals surface area contributed by atoms with E-state index in [2.05, 4.69) is 11.4 Å². The van der Waals surface area contributed by atoms with E-state index < -0.39 is 6.10 Å². The zero-order valence-corrected chi connectivity index (χ0v) is 13.0. The highest BCUT2D eigenvalue weighted by atomic mass is 19.1. The predicted molar refractivity (Wildman–Crippen MR) is 82.5 cm³/mol. The summed E-state index contributed by atoms with van der Waals surface area (Å²) >= 11 is 0. The number of benzene rings is 1. The monoisotopic (exact) mass is 301 g/mol. The number of nitriles is 1. The Morgan fingerprint density at radius 2 is 2.00 bits per heavy atom. The van der Waals surface area contributed by atoms with Crippen LogP contribution in [0.1, 0.15) is 35.5 Å². The smallest absolute Gasteiger partial charge is 0.123 e. The van der Waals surface area contributed by atoms with E-state index in [1.807, 2.05) is 31.5 Å². The molecule has 0 amide bonds. The van der Waals surface area contributed by atoms with Gasteiger partial charge in [0.25, 0.3) is 0 Å². The number of hydrogen-bond acceptors (Lipinski definition) is 3. The van der Waals surface area contributed by atoms with Crippen molar-refractivity contribution in [1.82, 2.24) is 9.88 Å². The molecule has 0 fully saturated rings. The summed E-state index contributed by atoms with van der Waals surface area (Å²) in [6, 6.07) is 9.64. The normalized spacial score (nSPS) is 13.6. The lowest BCUT2D eigenvalue weighted by atomic mass is 10.0. The number of hydrogen-bond donors (Lipinski definition) is 2. The Kier molecular flexibility index (Phi) is 4.96. The van der Waals surface area contributed by atoms with Gasteiger partial charge in [0.1, 0.15) is 17.6 Å². The van der Waals surface area contributed by atoms with Crippen LogP contribution in [0.25, 0.3) is 0 Å². The average Bonchev–Trinajstić information content (AvgIpc) is 2.80. The number of aliphatic hydroxyl groups is 1. The maximum atomic E-state index is 12.9. The number of rotatable bonds is 5. The molecule has 4 nitrogen and oxygen atoms in total. The molecule has 1 aromatic carbocycles. The lowest BCUT2D eigenvalue weighted by Gasteiger charge is -2.20. The molecule has 0 bridgehead atoms. The summed E-state index contributed by atoms with van der Waals surface area (Å²) in [6.45, 7) is 4.39. The van der Waals surface area contributed by atoms with Crippen LogP contribution in [0.5, 0.6) is 0 Å². The summed E-state index contributed by atoms with van der Waals surface area (Å²) in [6.07, 6.45) is -0.722. The Balaban J connectivity index is 2.02. The molecule has 2 unspecified atom stereocenters. The predicted octanol–water partition coefficient (Wildman–Crippen LogP) is 2.56. The van der Waals surface area contributed by atoms with Gasteiger partial charge in [0.05, 0.1) is 6.10 Å². The summed E-state index contributed by atoms with van der Waals surface area (Å²) in [5.74, 6) is -0.319. The van der Waals surface area contributed by atoms with E-state index in [1.54, 1.807) is 12.1 Å². The van der Waals surface area contributed by atoms with Crippen molar-refractivity contribution >= 4 is 0 Å². The van der Waals surface area contributed by atoms with Gasteiger partial charge in [0.15, 0.2) is 0 Å². The van der Waals surface area contributed by atoms with E-state index in [0.29, 0.717) is 17.8 Å². The van der Waals surface area contributed by atoms with Crippen molar-refractivity contribution in [2.24, 2.45) is 7.05 Å². The molecule has 0 saturated heterocycles. The van der Waals surface area contributed by atoms with Crippen LogP contribution in [0.4, 0.5) is 4.39 Å². The molecule has 0 aliphatic carbocycles. The Morgan fingerprint density at radius 1 is 1.36 bits per heavy atom. The minimum atomic E-state index is -0.722. The minimum absolute atomic E-state index is 0.199. The van der Waals surface area contributed by atoms with Gasteiger partial charge >= 0.3 is 0 Å². The first-order chi connectivity index (χ1) is 10.4. The molecule has 1 aromatic heterocycles. The highest BCUT2D eigenvalue weighted by Crippen LogP contribution is 2.18. The first kappa shape index (κ1) is 16.2. The molecule has 116 valence electrons. The fourth-order valence-corrected chi connectivity index (χ4v) is 2.38. The lowest BCUT2D eigenvalue weighted by Crippen LogP contribution is -2.31. The quantitative estimate of drug-likeness (QED) is 0.892. The zero-order chi connectivity index (χ0) is 16.3. The largest absolute Gasteiger partial charge is 0.387 e. The SMILES string of the molecule is Cc1c(CNC(C)C(O)c2ccc(F)cc2)cc(C#N)n1C. The number of aliphatic hydroxyl groups excluding tert-OH is 1. The molecule has 0 aliphatic heterocycles. The molecule has 2 N–H and O–H groups in total. The molecule has 0 saturated carbocycles. The second kappa shape index (κ2) is 6.73. The highest BCUT2D eigenvalue weighted by Gasteiger charge is 2.17. The third-order valence-electron chi connectivity index (χ3n) is 4.05. The van der Waals surface area contributed by atoms with Gasteiger partial charge in [-0.05, 0) is 43.2 Å². The minimum Gasteiger partial charge on any atom is -0.387 e. The maximum absolute atomic E-state index is 12.9. The van der Waals surface area contributed by atoms with Gasteiger partial charge in [-0.3, -0.25) is 0 Å². The topological polar surface area (TPSA) is 61.0 Å². The average molecular weight is 301 g/mol. The fraction of sp³-hybridized carbons (Fsp3) is 0.353. The van der Waals surface area contributed by atoms with E-state index in [4.69, 9.17) is 5.26 Å². The van der Waals surface area contributed by atoms with Crippen LogP contribution in [-0.4, -0.2) is 15.7 Å². The second-order valence-corrected chi connectivity index (χ2v) is 5.48. The molecular formula is C17H20FN3O. The van der Waals surface area contributed by atoms with Crippen LogP contribution in [0.2, 0.25) is 0 Å². The highest BCUT2D eigenvalue weighted by molar-refractivity contribution is 5.34. The molecule has 2 aromatic rings. The first-order valence-corrected chi connectivity index (χ1v) is 7.16. The van der Waals surface area contributed by atoms with E-state index in [0.717, 1.165) is 11.3 Å². The second-order valence-electron chi connectivity index (χ2n) is 5.48. The van der Waals surface area contributed by atoms with Crippen molar-refractivity contribution in [1.29, 1.82) is 5.26 Å². The van der Waals surface area contributed by atoms with Gasteiger partial charge in [-0.1, -0.05) is 12.1 Å². The van der Waals surface area contributed by atoms with Gasteiger partial charge in [-0.15, -0.1) is 0 Å². The van der Waals surface area contributed by atoms with Crippen LogP contribution >= 0.6 is 0 Å². The molecule has 1 heterocycles. The molecule has 2 atom stereocenters. The third kappa shape index (κ3) is 3.35. The summed E-state index contributed by atoms with van der Waals surface area (Å²) < 4.78 is 14.8. The van der Waals surface area contributed by atoms with E-state index in [-0.39, 0.29) is 11.9 Å². The van der Waals surface area contributed by atoms with Gasteiger partial charge in [0.2, 0.25) is 0 Å². The van der Waals surface area contributed by atoms with Crippen LogP contribution in [0.15, 0.2) is 30.3 Å². The van der Waals surface area contributed by atoms with Gasteiger partial charge in [0, 0.05) is 25.3 Å². The Morgan fingerprint density at radius 3 is 2.55 bits per heavy atom. The number of nitrogens with zero attached hydrogens (tertiary/aromatic N) is 2. The summed E-state index contributed by atoms with van der Waals surface area (Å²) in [4.78, 5) is 0. The summed E-state index contributed by atoms with van der Waals surface area (Å²) in [5, 5.41) is 22.6. The molecule has 2 rings (SSSR count). The lowest BCUT2D eigenvalue weighted by molar-refractivity contribution is 0.135. The van der Waals surface area contributed by atoms with E-state index in [1.165, 1.54) is 12.1 Å². The van der Waals surface area contributed by atoms with Gasteiger partial charge < -0.3 is 15.0 Å². The van der Waals surface area contributed by atoms with Crippen LogP contribution in [-0.2, 0) is 13.6 Å². The molecule has 22 heavy (non-hydrogen) atoms. The Bertz CT molecular complexity index is 685. The first-order valence-electron chi connectivity index (χ1n) is 7.16. The Hall–Kier alpha value is -2.16. The van der Waals surface area contributed by atoms with Crippen molar-refractivity contribution in [2.45, 2.75) is 32.5 Å². The van der Waals surface area contributed by atoms with E-state index in [9.17, 15) is 9.50 Å². The van der Waals surface area contributed by atoms with Crippen molar-refractivity contribution < 1.29 is 9.50 Å². The molecule has 0 aliphatic rings.